The van der Waals surface area contributed by atoms with Gasteiger partial charge in [-0.05, 0) is 25.5 Å². The van der Waals surface area contributed by atoms with E-state index in [0.29, 0.717) is 6.61 Å². The van der Waals surface area contributed by atoms with Crippen molar-refractivity contribution in [2.75, 3.05) is 13.2 Å². The van der Waals surface area contributed by atoms with Crippen LogP contribution in [0, 0.1) is 0 Å². The highest BCUT2D eigenvalue weighted by molar-refractivity contribution is 5.66. The molecule has 1 aliphatic rings. The topological polar surface area (TPSA) is 58.6 Å². The normalized spacial score (nSPS) is 17.2. The van der Waals surface area contributed by atoms with Gasteiger partial charge < -0.3 is 15.2 Å². The molecule has 1 aromatic carbocycles. The van der Waals surface area contributed by atoms with Gasteiger partial charge in [0, 0.05) is 12.0 Å². The van der Waals surface area contributed by atoms with Crippen molar-refractivity contribution in [2.45, 2.75) is 31.7 Å². The number of fused-ring (bicyclic) bond motifs is 1. The Labute approximate surface area is 107 Å². The number of para-hydroxylation sites is 1. The van der Waals surface area contributed by atoms with E-state index in [1.165, 1.54) is 5.56 Å². The first-order valence-corrected chi connectivity index (χ1v) is 6.44. The van der Waals surface area contributed by atoms with Gasteiger partial charge in [0.25, 0.3) is 0 Å². The molecular weight excluding hydrogens is 230 g/mol. The fraction of sp³-hybridized carbons (Fsp3) is 0.500. The molecule has 2 N–H and O–H groups in total. The summed E-state index contributed by atoms with van der Waals surface area (Å²) in [6.45, 7) is 1.59. The summed E-state index contributed by atoms with van der Waals surface area (Å²) < 4.78 is 5.58. The quantitative estimate of drug-likeness (QED) is 0.728. The van der Waals surface area contributed by atoms with Crippen molar-refractivity contribution in [2.24, 2.45) is 0 Å². The second-order valence-corrected chi connectivity index (χ2v) is 4.56. The summed E-state index contributed by atoms with van der Waals surface area (Å²) >= 11 is 0. The van der Waals surface area contributed by atoms with Crippen LogP contribution in [0.1, 0.15) is 37.3 Å². The molecule has 1 aromatic rings. The maximum Gasteiger partial charge on any atom is 0.303 e. The maximum atomic E-state index is 10.3. The summed E-state index contributed by atoms with van der Waals surface area (Å²) in [7, 11) is 0. The minimum atomic E-state index is -0.707. The number of carboxylic acids is 1. The van der Waals surface area contributed by atoms with Crippen LogP contribution in [0.25, 0.3) is 0 Å². The summed E-state index contributed by atoms with van der Waals surface area (Å²) in [4.78, 5) is 10.3. The lowest BCUT2D eigenvalue weighted by Crippen LogP contribution is -2.23. The SMILES string of the molecule is O=C(O)CCCCCNC1COc2ccccc21. The summed E-state index contributed by atoms with van der Waals surface area (Å²) in [6.07, 6.45) is 2.99. The van der Waals surface area contributed by atoms with E-state index < -0.39 is 5.97 Å². The van der Waals surface area contributed by atoms with Gasteiger partial charge in [-0.25, -0.2) is 0 Å². The van der Waals surface area contributed by atoms with Gasteiger partial charge >= 0.3 is 5.97 Å². The van der Waals surface area contributed by atoms with Crippen LogP contribution in [0.5, 0.6) is 5.75 Å². The van der Waals surface area contributed by atoms with Crippen molar-refractivity contribution >= 4 is 5.97 Å². The predicted octanol–water partition coefficient (Wildman–Crippen LogP) is 2.35. The lowest BCUT2D eigenvalue weighted by atomic mass is 10.1. The third-order valence-corrected chi connectivity index (χ3v) is 3.16. The predicted molar refractivity (Wildman–Crippen MR) is 68.8 cm³/mol. The minimum Gasteiger partial charge on any atom is -0.491 e. The van der Waals surface area contributed by atoms with Crippen molar-refractivity contribution in [1.82, 2.24) is 5.32 Å². The van der Waals surface area contributed by atoms with Gasteiger partial charge in [-0.2, -0.15) is 0 Å². The summed E-state index contributed by atoms with van der Waals surface area (Å²) in [5, 5.41) is 12.0. The maximum absolute atomic E-state index is 10.3. The van der Waals surface area contributed by atoms with Gasteiger partial charge in [0.15, 0.2) is 0 Å². The molecule has 0 saturated heterocycles. The smallest absolute Gasteiger partial charge is 0.303 e. The van der Waals surface area contributed by atoms with Crippen LogP contribution in [-0.2, 0) is 4.79 Å². The molecule has 4 nitrogen and oxygen atoms in total. The van der Waals surface area contributed by atoms with Crippen LogP contribution in [0.15, 0.2) is 24.3 Å². The zero-order chi connectivity index (χ0) is 12.8. The van der Waals surface area contributed by atoms with Gasteiger partial charge in [0.1, 0.15) is 12.4 Å². The van der Waals surface area contributed by atoms with E-state index in [1.807, 2.05) is 18.2 Å². The van der Waals surface area contributed by atoms with E-state index >= 15 is 0 Å². The number of rotatable bonds is 7. The lowest BCUT2D eigenvalue weighted by molar-refractivity contribution is -0.137. The molecule has 1 atom stereocenters. The number of carboxylic acid groups (broad SMARTS) is 1. The van der Waals surface area contributed by atoms with Gasteiger partial charge in [-0.3, -0.25) is 4.79 Å². The summed E-state index contributed by atoms with van der Waals surface area (Å²) in [5.41, 5.74) is 1.23. The third-order valence-electron chi connectivity index (χ3n) is 3.16. The molecule has 0 radical (unpaired) electrons. The number of hydrogen-bond donors (Lipinski definition) is 2. The fourth-order valence-corrected chi connectivity index (χ4v) is 2.19. The van der Waals surface area contributed by atoms with Crippen molar-refractivity contribution < 1.29 is 14.6 Å². The lowest BCUT2D eigenvalue weighted by Gasteiger charge is -2.11. The Hall–Kier alpha value is -1.55. The van der Waals surface area contributed by atoms with Crippen LogP contribution in [0.2, 0.25) is 0 Å². The zero-order valence-corrected chi connectivity index (χ0v) is 10.4. The van der Waals surface area contributed by atoms with Crippen LogP contribution >= 0.6 is 0 Å². The highest BCUT2D eigenvalue weighted by Crippen LogP contribution is 2.31. The summed E-state index contributed by atoms with van der Waals surface area (Å²) in [5.74, 6) is 0.266. The number of aliphatic carboxylic acids is 1. The zero-order valence-electron chi connectivity index (χ0n) is 10.4. The van der Waals surface area contributed by atoms with Crippen molar-refractivity contribution in [3.8, 4) is 5.75 Å². The van der Waals surface area contributed by atoms with Crippen LogP contribution in [0.4, 0.5) is 0 Å². The van der Waals surface area contributed by atoms with Crippen LogP contribution in [0.3, 0.4) is 0 Å². The molecular formula is C14H19NO3. The van der Waals surface area contributed by atoms with E-state index in [-0.39, 0.29) is 12.5 Å². The highest BCUT2D eigenvalue weighted by Gasteiger charge is 2.22. The number of unbranched alkanes of at least 4 members (excludes halogenated alkanes) is 2. The highest BCUT2D eigenvalue weighted by atomic mass is 16.5. The van der Waals surface area contributed by atoms with Gasteiger partial charge in [0.2, 0.25) is 0 Å². The molecule has 0 bridgehead atoms. The van der Waals surface area contributed by atoms with Crippen LogP contribution < -0.4 is 10.1 Å². The van der Waals surface area contributed by atoms with E-state index in [2.05, 4.69) is 11.4 Å². The van der Waals surface area contributed by atoms with E-state index in [9.17, 15) is 4.79 Å². The molecule has 1 aliphatic heterocycles. The fourth-order valence-electron chi connectivity index (χ4n) is 2.19. The Bertz CT molecular complexity index is 406. The molecule has 4 heteroatoms. The second kappa shape index (κ2) is 6.40. The first-order chi connectivity index (χ1) is 8.77. The van der Waals surface area contributed by atoms with Gasteiger partial charge in [-0.1, -0.05) is 24.6 Å². The average Bonchev–Trinajstić information content (AvgIpc) is 2.77. The van der Waals surface area contributed by atoms with Gasteiger partial charge in [0.05, 0.1) is 6.04 Å². The molecule has 1 heterocycles. The Kier molecular flexibility index (Phi) is 4.59. The van der Waals surface area contributed by atoms with E-state index in [4.69, 9.17) is 9.84 Å². The first-order valence-electron chi connectivity index (χ1n) is 6.44. The number of hydrogen-bond acceptors (Lipinski definition) is 3. The first kappa shape index (κ1) is 12.9. The van der Waals surface area contributed by atoms with Crippen molar-refractivity contribution in [3.05, 3.63) is 29.8 Å². The largest absolute Gasteiger partial charge is 0.491 e. The standard InChI is InChI=1S/C14H19NO3/c16-14(17)8-2-1-5-9-15-12-10-18-13-7-4-3-6-11(12)13/h3-4,6-7,12,15H,1-2,5,8-10H2,(H,16,17). The second-order valence-electron chi connectivity index (χ2n) is 4.56. The molecule has 0 spiro atoms. The Morgan fingerprint density at radius 2 is 2.17 bits per heavy atom. The Balaban J connectivity index is 1.65. The van der Waals surface area contributed by atoms with Crippen LogP contribution in [-0.4, -0.2) is 24.2 Å². The number of ether oxygens (including phenoxy) is 1. The molecule has 0 aliphatic carbocycles. The van der Waals surface area contributed by atoms with Gasteiger partial charge in [-0.15, -0.1) is 0 Å². The molecule has 0 amide bonds. The van der Waals surface area contributed by atoms with Crippen molar-refractivity contribution in [1.29, 1.82) is 0 Å². The number of benzene rings is 1. The third kappa shape index (κ3) is 3.47. The molecule has 0 fully saturated rings. The van der Waals surface area contributed by atoms with E-state index in [1.54, 1.807) is 0 Å². The summed E-state index contributed by atoms with van der Waals surface area (Å²) in [6, 6.07) is 8.36. The number of carbonyl (C=O) groups is 1. The average molecular weight is 249 g/mol. The molecule has 18 heavy (non-hydrogen) atoms. The van der Waals surface area contributed by atoms with E-state index in [0.717, 1.165) is 31.6 Å². The molecule has 98 valence electrons. The Morgan fingerprint density at radius 1 is 1.33 bits per heavy atom. The Morgan fingerprint density at radius 3 is 3.00 bits per heavy atom. The molecule has 0 aromatic heterocycles. The number of nitrogens with one attached hydrogen (secondary N) is 1. The minimum absolute atomic E-state index is 0.273. The molecule has 1 unspecified atom stereocenters. The van der Waals surface area contributed by atoms with Crippen molar-refractivity contribution in [3.63, 3.8) is 0 Å². The molecule has 2 rings (SSSR count). The monoisotopic (exact) mass is 249 g/mol. The molecule has 0 saturated carbocycles.